The summed E-state index contributed by atoms with van der Waals surface area (Å²) in [6.07, 6.45) is 1.02. The van der Waals surface area contributed by atoms with Crippen molar-refractivity contribution in [3.05, 3.63) is 58.7 Å². The molecule has 23 heavy (non-hydrogen) atoms. The van der Waals surface area contributed by atoms with Gasteiger partial charge in [-0.05, 0) is 61.6 Å². The summed E-state index contributed by atoms with van der Waals surface area (Å²) < 4.78 is 11.6. The number of ether oxygens (including phenoxy) is 2. The summed E-state index contributed by atoms with van der Waals surface area (Å²) in [5, 5.41) is 3.66. The highest BCUT2D eigenvalue weighted by molar-refractivity contribution is 5.52. The van der Waals surface area contributed by atoms with Crippen LogP contribution in [0.2, 0.25) is 0 Å². The highest BCUT2D eigenvalue weighted by Gasteiger charge is 2.24. The predicted molar refractivity (Wildman–Crippen MR) is 93.5 cm³/mol. The second-order valence-corrected chi connectivity index (χ2v) is 5.86. The molecule has 0 saturated heterocycles. The van der Waals surface area contributed by atoms with Crippen LogP contribution in [0.5, 0.6) is 11.5 Å². The summed E-state index contributed by atoms with van der Waals surface area (Å²) in [4.78, 5) is 0. The van der Waals surface area contributed by atoms with Crippen molar-refractivity contribution in [2.45, 2.75) is 33.2 Å². The zero-order chi connectivity index (χ0) is 16.2. The van der Waals surface area contributed by atoms with Crippen molar-refractivity contribution in [3.8, 4) is 11.5 Å². The smallest absolute Gasteiger partial charge is 0.161 e. The van der Waals surface area contributed by atoms with Crippen LogP contribution >= 0.6 is 0 Å². The van der Waals surface area contributed by atoms with E-state index in [2.05, 4.69) is 48.6 Å². The highest BCUT2D eigenvalue weighted by atomic mass is 16.5. The maximum atomic E-state index is 5.82. The summed E-state index contributed by atoms with van der Waals surface area (Å²) in [5.74, 6) is 1.70. The molecule has 122 valence electrons. The van der Waals surface area contributed by atoms with Gasteiger partial charge in [0.1, 0.15) is 0 Å². The molecule has 0 aromatic heterocycles. The van der Waals surface area contributed by atoms with Gasteiger partial charge in [-0.1, -0.05) is 24.3 Å². The maximum Gasteiger partial charge on any atom is 0.161 e. The number of benzene rings is 2. The zero-order valence-corrected chi connectivity index (χ0v) is 14.2. The number of hydrogen-bond acceptors (Lipinski definition) is 3. The molecule has 0 fully saturated rings. The quantitative estimate of drug-likeness (QED) is 0.904. The fourth-order valence-corrected chi connectivity index (χ4v) is 3.29. The maximum absolute atomic E-state index is 5.82. The molecule has 2 aromatic carbocycles. The van der Waals surface area contributed by atoms with Crippen LogP contribution in [-0.2, 0) is 6.42 Å². The van der Waals surface area contributed by atoms with E-state index in [-0.39, 0.29) is 6.04 Å². The molecule has 3 nitrogen and oxygen atoms in total. The summed E-state index contributed by atoms with van der Waals surface area (Å²) >= 11 is 0. The van der Waals surface area contributed by atoms with Crippen LogP contribution in [0.15, 0.2) is 36.4 Å². The number of hydrogen-bond donors (Lipinski definition) is 1. The summed E-state index contributed by atoms with van der Waals surface area (Å²) in [6.45, 7) is 8.45. The summed E-state index contributed by atoms with van der Waals surface area (Å²) in [5.41, 5.74) is 5.30. The Morgan fingerprint density at radius 3 is 2.39 bits per heavy atom. The van der Waals surface area contributed by atoms with E-state index in [0.717, 1.165) is 24.5 Å². The lowest BCUT2D eigenvalue weighted by Gasteiger charge is -2.29. The molecule has 1 heterocycles. The first-order valence-electron chi connectivity index (χ1n) is 8.45. The fourth-order valence-electron chi connectivity index (χ4n) is 3.29. The molecule has 0 amide bonds. The number of nitrogens with one attached hydrogen (secondary N) is 1. The van der Waals surface area contributed by atoms with Crippen LogP contribution in [0.1, 0.15) is 42.1 Å². The van der Waals surface area contributed by atoms with Crippen molar-refractivity contribution in [1.29, 1.82) is 0 Å². The van der Waals surface area contributed by atoms with Crippen molar-refractivity contribution in [1.82, 2.24) is 5.32 Å². The molecular formula is C20H25NO2. The Labute approximate surface area is 138 Å². The number of rotatable bonds is 5. The van der Waals surface area contributed by atoms with E-state index in [1.165, 1.54) is 22.3 Å². The Balaban J connectivity index is 2.07. The van der Waals surface area contributed by atoms with E-state index in [9.17, 15) is 0 Å². The first-order chi connectivity index (χ1) is 11.2. The highest BCUT2D eigenvalue weighted by Crippen LogP contribution is 2.38. The van der Waals surface area contributed by atoms with Crippen LogP contribution in [-0.4, -0.2) is 19.8 Å². The van der Waals surface area contributed by atoms with Crippen molar-refractivity contribution in [2.75, 3.05) is 19.8 Å². The molecule has 1 atom stereocenters. The Kier molecular flexibility index (Phi) is 4.87. The van der Waals surface area contributed by atoms with Gasteiger partial charge >= 0.3 is 0 Å². The van der Waals surface area contributed by atoms with Crippen LogP contribution in [0.4, 0.5) is 0 Å². The third-order valence-electron chi connectivity index (χ3n) is 4.36. The van der Waals surface area contributed by atoms with Crippen molar-refractivity contribution >= 4 is 0 Å². The molecule has 0 spiro atoms. The molecule has 0 bridgehead atoms. The van der Waals surface area contributed by atoms with E-state index < -0.39 is 0 Å². The van der Waals surface area contributed by atoms with E-state index in [1.807, 2.05) is 13.8 Å². The molecule has 0 unspecified atom stereocenters. The van der Waals surface area contributed by atoms with Crippen LogP contribution in [0.3, 0.4) is 0 Å². The van der Waals surface area contributed by atoms with Gasteiger partial charge in [0.2, 0.25) is 0 Å². The lowest BCUT2D eigenvalue weighted by molar-refractivity contribution is 0.286. The van der Waals surface area contributed by atoms with Crippen molar-refractivity contribution < 1.29 is 9.47 Å². The molecule has 2 aromatic rings. The van der Waals surface area contributed by atoms with Gasteiger partial charge in [-0.2, -0.15) is 0 Å². The zero-order valence-electron chi connectivity index (χ0n) is 14.2. The summed E-state index contributed by atoms with van der Waals surface area (Å²) in [6, 6.07) is 13.1. The molecule has 3 rings (SSSR count). The second-order valence-electron chi connectivity index (χ2n) is 5.86. The molecule has 0 aliphatic carbocycles. The third-order valence-corrected chi connectivity index (χ3v) is 4.36. The van der Waals surface area contributed by atoms with Gasteiger partial charge in [0, 0.05) is 6.54 Å². The summed E-state index contributed by atoms with van der Waals surface area (Å²) in [7, 11) is 0. The van der Waals surface area contributed by atoms with Crippen LogP contribution < -0.4 is 14.8 Å². The second kappa shape index (κ2) is 7.05. The standard InChI is InChI=1S/C20H25NO2/c1-4-22-18-12-15-10-11-21-20(16-9-7-6-8-14(16)3)17(15)13-19(18)23-5-2/h6-9,12-13,20-21H,4-5,10-11H2,1-3H3/t20-/m1/s1. The lowest BCUT2D eigenvalue weighted by atomic mass is 9.87. The van der Waals surface area contributed by atoms with E-state index in [4.69, 9.17) is 9.47 Å². The Hall–Kier alpha value is -2.00. The lowest BCUT2D eigenvalue weighted by Crippen LogP contribution is -2.31. The van der Waals surface area contributed by atoms with Gasteiger partial charge < -0.3 is 14.8 Å². The average Bonchev–Trinajstić information content (AvgIpc) is 2.56. The van der Waals surface area contributed by atoms with Gasteiger partial charge in [-0.25, -0.2) is 0 Å². The molecular weight excluding hydrogens is 286 g/mol. The van der Waals surface area contributed by atoms with Gasteiger partial charge in [0.15, 0.2) is 11.5 Å². The minimum atomic E-state index is 0.217. The first kappa shape index (κ1) is 15.9. The van der Waals surface area contributed by atoms with Crippen LogP contribution in [0, 0.1) is 6.92 Å². The first-order valence-corrected chi connectivity index (χ1v) is 8.45. The van der Waals surface area contributed by atoms with Gasteiger partial charge in [-0.15, -0.1) is 0 Å². The van der Waals surface area contributed by atoms with E-state index >= 15 is 0 Å². The van der Waals surface area contributed by atoms with Gasteiger partial charge in [-0.3, -0.25) is 0 Å². The SMILES string of the molecule is CCOc1cc2c(cc1OCC)[C@@H](c1ccccc1C)NCC2. The average molecular weight is 311 g/mol. The number of fused-ring (bicyclic) bond motifs is 1. The molecule has 1 aliphatic rings. The molecule has 1 N–H and O–H groups in total. The van der Waals surface area contributed by atoms with Gasteiger partial charge in [0.25, 0.3) is 0 Å². The monoisotopic (exact) mass is 311 g/mol. The molecule has 1 aliphatic heterocycles. The van der Waals surface area contributed by atoms with E-state index in [1.54, 1.807) is 0 Å². The molecule has 0 saturated carbocycles. The minimum Gasteiger partial charge on any atom is -0.490 e. The third kappa shape index (κ3) is 3.20. The Morgan fingerprint density at radius 2 is 1.70 bits per heavy atom. The normalized spacial score (nSPS) is 16.7. The van der Waals surface area contributed by atoms with Crippen molar-refractivity contribution in [3.63, 3.8) is 0 Å². The van der Waals surface area contributed by atoms with Crippen molar-refractivity contribution in [2.24, 2.45) is 0 Å². The van der Waals surface area contributed by atoms with E-state index in [0.29, 0.717) is 13.2 Å². The number of aryl methyl sites for hydroxylation is 1. The molecule has 3 heteroatoms. The largest absolute Gasteiger partial charge is 0.490 e. The Bertz CT molecular complexity index is 681. The fraction of sp³-hybridized carbons (Fsp3) is 0.400. The minimum absolute atomic E-state index is 0.217. The topological polar surface area (TPSA) is 30.5 Å². The molecule has 0 radical (unpaired) electrons. The van der Waals surface area contributed by atoms with Crippen LogP contribution in [0.25, 0.3) is 0 Å². The van der Waals surface area contributed by atoms with Gasteiger partial charge in [0.05, 0.1) is 19.3 Å². The predicted octanol–water partition coefficient (Wildman–Crippen LogP) is 4.03. The Morgan fingerprint density at radius 1 is 1.00 bits per heavy atom.